The molecule has 0 saturated carbocycles. The fourth-order valence-corrected chi connectivity index (χ4v) is 1.96. The second-order valence-corrected chi connectivity index (χ2v) is 4.86. The predicted molar refractivity (Wildman–Crippen MR) is 72.3 cm³/mol. The monoisotopic (exact) mass is 244 g/mol. The Morgan fingerprint density at radius 1 is 1.38 bits per heavy atom. The molecule has 0 radical (unpaired) electrons. The lowest BCUT2D eigenvalue weighted by molar-refractivity contribution is -0.123. The Kier molecular flexibility index (Phi) is 6.56. The molecule has 0 fully saturated rings. The quantitative estimate of drug-likeness (QED) is 0.676. The van der Waals surface area contributed by atoms with Gasteiger partial charge < -0.3 is 11.1 Å². The molecule has 1 atom stereocenters. The molecule has 94 valence electrons. The van der Waals surface area contributed by atoms with Gasteiger partial charge in [-0.2, -0.15) is 0 Å². The molecule has 0 aliphatic rings. The van der Waals surface area contributed by atoms with Gasteiger partial charge in [0.05, 0.1) is 10.5 Å². The van der Waals surface area contributed by atoms with Crippen molar-refractivity contribution in [2.24, 2.45) is 11.7 Å². The smallest absolute Gasteiger partial charge is 0.221 e. The van der Waals surface area contributed by atoms with Crippen LogP contribution >= 0.6 is 12.2 Å². The molecule has 1 unspecified atom stereocenters. The first-order chi connectivity index (χ1) is 7.41. The summed E-state index contributed by atoms with van der Waals surface area (Å²) in [6, 6.07) is 0. The van der Waals surface area contributed by atoms with Gasteiger partial charge in [0.25, 0.3) is 0 Å². The van der Waals surface area contributed by atoms with Crippen LogP contribution in [0.3, 0.4) is 0 Å². The number of nitrogens with two attached hydrogens (primary N) is 1. The van der Waals surface area contributed by atoms with Crippen molar-refractivity contribution in [1.29, 1.82) is 0 Å². The Bertz CT molecular complexity index is 249. The second kappa shape index (κ2) is 6.84. The van der Waals surface area contributed by atoms with Crippen LogP contribution in [0.5, 0.6) is 0 Å². The van der Waals surface area contributed by atoms with Crippen LogP contribution in [-0.2, 0) is 4.79 Å². The average molecular weight is 244 g/mol. The van der Waals surface area contributed by atoms with Gasteiger partial charge in [0, 0.05) is 6.42 Å². The lowest BCUT2D eigenvalue weighted by atomic mass is 9.92. The summed E-state index contributed by atoms with van der Waals surface area (Å²) in [5.74, 6) is 0.448. The molecule has 3 N–H and O–H groups in total. The van der Waals surface area contributed by atoms with Crippen molar-refractivity contribution in [2.45, 2.75) is 58.9 Å². The molecular formula is C12H24N2OS. The first kappa shape index (κ1) is 15.4. The highest BCUT2D eigenvalue weighted by Crippen LogP contribution is 2.17. The third kappa shape index (κ3) is 4.08. The molecule has 0 rings (SSSR count). The lowest BCUT2D eigenvalue weighted by Crippen LogP contribution is -2.56. The van der Waals surface area contributed by atoms with Gasteiger partial charge in [-0.15, -0.1) is 0 Å². The minimum atomic E-state index is -0.500. The highest BCUT2D eigenvalue weighted by molar-refractivity contribution is 7.80. The largest absolute Gasteiger partial charge is 0.391 e. The number of rotatable bonds is 7. The van der Waals surface area contributed by atoms with Gasteiger partial charge in [0.15, 0.2) is 0 Å². The second-order valence-electron chi connectivity index (χ2n) is 4.42. The number of nitrogens with one attached hydrogen (secondary N) is 1. The van der Waals surface area contributed by atoms with E-state index in [4.69, 9.17) is 18.0 Å². The van der Waals surface area contributed by atoms with Crippen molar-refractivity contribution in [3.05, 3.63) is 0 Å². The summed E-state index contributed by atoms with van der Waals surface area (Å²) in [6.45, 7) is 8.14. The summed E-state index contributed by atoms with van der Waals surface area (Å²) in [6.07, 6.45) is 3.03. The minimum absolute atomic E-state index is 0.0471. The first-order valence-corrected chi connectivity index (χ1v) is 6.43. The van der Waals surface area contributed by atoms with Gasteiger partial charge >= 0.3 is 0 Å². The number of thiocarbonyl (C=S) groups is 1. The van der Waals surface area contributed by atoms with E-state index in [1.54, 1.807) is 0 Å². The van der Waals surface area contributed by atoms with Crippen LogP contribution in [0.1, 0.15) is 53.4 Å². The summed E-state index contributed by atoms with van der Waals surface area (Å²) in [5.41, 5.74) is 5.22. The third-order valence-corrected chi connectivity index (χ3v) is 3.68. The molecule has 0 aliphatic heterocycles. The maximum atomic E-state index is 11.8. The lowest BCUT2D eigenvalue weighted by Gasteiger charge is -2.32. The van der Waals surface area contributed by atoms with Crippen LogP contribution < -0.4 is 11.1 Å². The Labute approximate surface area is 104 Å². The van der Waals surface area contributed by atoms with Gasteiger partial charge in [-0.3, -0.25) is 4.79 Å². The first-order valence-electron chi connectivity index (χ1n) is 6.02. The zero-order chi connectivity index (χ0) is 12.8. The summed E-state index contributed by atoms with van der Waals surface area (Å²) in [5, 5.41) is 2.99. The molecule has 4 heteroatoms. The van der Waals surface area contributed by atoms with E-state index in [-0.39, 0.29) is 5.91 Å². The molecule has 0 saturated heterocycles. The minimum Gasteiger partial charge on any atom is -0.391 e. The molecule has 16 heavy (non-hydrogen) atoms. The van der Waals surface area contributed by atoms with Gasteiger partial charge in [-0.25, -0.2) is 0 Å². The molecule has 1 amide bonds. The van der Waals surface area contributed by atoms with Crippen molar-refractivity contribution in [2.75, 3.05) is 0 Å². The SMILES string of the molecule is CCC(C)CC(=O)NC(CC)(CC)C(N)=S. The third-order valence-electron chi connectivity index (χ3n) is 3.29. The number of carbonyl (C=O) groups is 1. The molecule has 0 aromatic heterocycles. The number of carbonyl (C=O) groups excluding carboxylic acids is 1. The molecule has 0 aromatic rings. The van der Waals surface area contributed by atoms with Gasteiger partial charge in [0.1, 0.15) is 0 Å². The van der Waals surface area contributed by atoms with E-state index in [1.165, 1.54) is 0 Å². The van der Waals surface area contributed by atoms with E-state index in [9.17, 15) is 4.79 Å². The fourth-order valence-electron chi connectivity index (χ4n) is 1.62. The predicted octanol–water partition coefficient (Wildman–Crippen LogP) is 2.38. The fraction of sp³-hybridized carbons (Fsp3) is 0.833. The molecule has 0 spiro atoms. The Balaban J connectivity index is 4.52. The topological polar surface area (TPSA) is 55.1 Å². The van der Waals surface area contributed by atoms with E-state index in [1.807, 2.05) is 13.8 Å². The molecule has 0 bridgehead atoms. The van der Waals surface area contributed by atoms with Crippen LogP contribution in [0.2, 0.25) is 0 Å². The summed E-state index contributed by atoms with van der Waals surface area (Å²) < 4.78 is 0. The van der Waals surface area contributed by atoms with Crippen LogP contribution in [0.15, 0.2) is 0 Å². The standard InChI is InChI=1S/C12H24N2OS/c1-5-9(4)8-10(15)14-12(6-2,7-3)11(13)16/h9H,5-8H2,1-4H3,(H2,13,16)(H,14,15). The Hall–Kier alpha value is -0.640. The van der Waals surface area contributed by atoms with Gasteiger partial charge in [-0.1, -0.05) is 46.3 Å². The number of amides is 1. The van der Waals surface area contributed by atoms with Crippen molar-refractivity contribution in [3.8, 4) is 0 Å². The molecular weight excluding hydrogens is 220 g/mol. The van der Waals surface area contributed by atoms with E-state index in [0.717, 1.165) is 19.3 Å². The van der Waals surface area contributed by atoms with Crippen LogP contribution in [0.25, 0.3) is 0 Å². The van der Waals surface area contributed by atoms with Crippen LogP contribution in [0.4, 0.5) is 0 Å². The van der Waals surface area contributed by atoms with Crippen LogP contribution in [-0.4, -0.2) is 16.4 Å². The molecule has 3 nitrogen and oxygen atoms in total. The summed E-state index contributed by atoms with van der Waals surface area (Å²) in [7, 11) is 0. The van der Waals surface area contributed by atoms with Crippen molar-refractivity contribution >= 4 is 23.1 Å². The molecule has 0 aliphatic carbocycles. The van der Waals surface area contributed by atoms with E-state index < -0.39 is 5.54 Å². The zero-order valence-electron chi connectivity index (χ0n) is 10.8. The number of hydrogen-bond donors (Lipinski definition) is 2. The van der Waals surface area contributed by atoms with E-state index >= 15 is 0 Å². The van der Waals surface area contributed by atoms with E-state index in [2.05, 4.69) is 19.2 Å². The Morgan fingerprint density at radius 3 is 2.19 bits per heavy atom. The normalized spacial score (nSPS) is 13.2. The Morgan fingerprint density at radius 2 is 1.88 bits per heavy atom. The zero-order valence-corrected chi connectivity index (χ0v) is 11.6. The maximum absolute atomic E-state index is 11.8. The number of hydrogen-bond acceptors (Lipinski definition) is 2. The molecule has 0 heterocycles. The van der Waals surface area contributed by atoms with Gasteiger partial charge in [0.2, 0.25) is 5.91 Å². The van der Waals surface area contributed by atoms with Crippen molar-refractivity contribution in [3.63, 3.8) is 0 Å². The highest BCUT2D eigenvalue weighted by atomic mass is 32.1. The molecule has 0 aromatic carbocycles. The summed E-state index contributed by atoms with van der Waals surface area (Å²) in [4.78, 5) is 12.2. The average Bonchev–Trinajstić information content (AvgIpc) is 2.25. The maximum Gasteiger partial charge on any atom is 0.221 e. The van der Waals surface area contributed by atoms with Gasteiger partial charge in [-0.05, 0) is 18.8 Å². The van der Waals surface area contributed by atoms with E-state index in [0.29, 0.717) is 17.3 Å². The van der Waals surface area contributed by atoms with Crippen LogP contribution in [0, 0.1) is 5.92 Å². The van der Waals surface area contributed by atoms with Crippen molar-refractivity contribution < 1.29 is 4.79 Å². The highest BCUT2D eigenvalue weighted by Gasteiger charge is 2.31. The summed E-state index contributed by atoms with van der Waals surface area (Å²) >= 11 is 5.05. The van der Waals surface area contributed by atoms with Crippen molar-refractivity contribution in [1.82, 2.24) is 5.32 Å².